The van der Waals surface area contributed by atoms with Gasteiger partial charge in [-0.05, 0) is 6.08 Å². The fourth-order valence-corrected chi connectivity index (χ4v) is 0.0770. The van der Waals surface area contributed by atoms with Gasteiger partial charge in [-0.25, -0.2) is 0 Å². The van der Waals surface area contributed by atoms with Gasteiger partial charge in [0.25, 0.3) is 0 Å². The molecule has 0 saturated heterocycles. The number of aliphatic hydroxyl groups excluding tert-OH is 1. The number of oxime groups is 1. The van der Waals surface area contributed by atoms with Crippen LogP contribution in [0.2, 0.25) is 0 Å². The predicted octanol–water partition coefficient (Wildman–Crippen LogP) is 0.518. The first-order valence-electron chi connectivity index (χ1n) is 1.38. The number of hydrogen-bond donors (Lipinski definition) is 2. The van der Waals surface area contributed by atoms with Gasteiger partial charge < -0.3 is 10.3 Å². The van der Waals surface area contributed by atoms with E-state index in [2.05, 4.69) is 5.16 Å². The number of hydrogen-bond acceptors (Lipinski definition) is 3. The second-order valence-corrected chi connectivity index (χ2v) is 0.606. The highest BCUT2D eigenvalue weighted by atomic mass is 16.4. The van der Waals surface area contributed by atoms with Crippen molar-refractivity contribution in [2.24, 2.45) is 5.16 Å². The summed E-state index contributed by atoms with van der Waals surface area (Å²) >= 11 is 0. The largest absolute Gasteiger partial charge is 0.516 e. The Morgan fingerprint density at radius 3 is 2.33 bits per heavy atom. The van der Waals surface area contributed by atoms with Crippen molar-refractivity contribution in [2.45, 2.75) is 0 Å². The van der Waals surface area contributed by atoms with Gasteiger partial charge in [-0.15, -0.1) is 0 Å². The lowest BCUT2D eigenvalue weighted by molar-refractivity contribution is 0.322. The van der Waals surface area contributed by atoms with Gasteiger partial charge in [-0.1, -0.05) is 5.16 Å². The van der Waals surface area contributed by atoms with Gasteiger partial charge in [-0.3, -0.25) is 0 Å². The van der Waals surface area contributed by atoms with Crippen molar-refractivity contribution in [3.05, 3.63) is 12.3 Å². The van der Waals surface area contributed by atoms with Gasteiger partial charge in [0.2, 0.25) is 0 Å². The third-order valence-electron chi connectivity index (χ3n) is 0.239. The number of nitrogens with zero attached hydrogens (tertiary/aromatic N) is 1. The molecule has 6 heavy (non-hydrogen) atoms. The molecule has 0 aromatic rings. The van der Waals surface area contributed by atoms with Crippen molar-refractivity contribution < 1.29 is 10.3 Å². The fourth-order valence-electron chi connectivity index (χ4n) is 0.0770. The zero-order valence-electron chi connectivity index (χ0n) is 3.07. The zero-order chi connectivity index (χ0) is 4.83. The summed E-state index contributed by atoms with van der Waals surface area (Å²) in [5, 5.41) is 18.0. The second kappa shape index (κ2) is 4.01. The average molecular weight is 87.1 g/mol. The van der Waals surface area contributed by atoms with Crippen LogP contribution in [-0.2, 0) is 0 Å². The van der Waals surface area contributed by atoms with Gasteiger partial charge in [0.15, 0.2) is 0 Å². The lowest BCUT2D eigenvalue weighted by atomic mass is 10.7. The summed E-state index contributed by atoms with van der Waals surface area (Å²) in [7, 11) is 0. The number of rotatable bonds is 1. The van der Waals surface area contributed by atoms with E-state index in [0.29, 0.717) is 0 Å². The molecule has 0 aromatic carbocycles. The lowest BCUT2D eigenvalue weighted by Crippen LogP contribution is -1.59. The number of allylic oxidation sites excluding steroid dienone is 1. The van der Waals surface area contributed by atoms with E-state index in [-0.39, 0.29) is 0 Å². The SMILES string of the molecule is OC=CC=NO. The lowest BCUT2D eigenvalue weighted by Gasteiger charge is -1.63. The molecular weight excluding hydrogens is 82.0 g/mol. The highest BCUT2D eigenvalue weighted by Crippen LogP contribution is 1.56. The van der Waals surface area contributed by atoms with E-state index in [1.54, 1.807) is 0 Å². The van der Waals surface area contributed by atoms with Crippen LogP contribution in [0.15, 0.2) is 17.5 Å². The van der Waals surface area contributed by atoms with Crippen LogP contribution in [0, 0.1) is 0 Å². The van der Waals surface area contributed by atoms with E-state index in [9.17, 15) is 0 Å². The summed E-state index contributed by atoms with van der Waals surface area (Å²) < 4.78 is 0. The molecule has 0 aliphatic heterocycles. The third-order valence-corrected chi connectivity index (χ3v) is 0.239. The van der Waals surface area contributed by atoms with E-state index in [1.807, 2.05) is 0 Å². The van der Waals surface area contributed by atoms with Crippen molar-refractivity contribution in [3.63, 3.8) is 0 Å². The molecule has 0 radical (unpaired) electrons. The second-order valence-electron chi connectivity index (χ2n) is 0.606. The molecule has 3 heteroatoms. The molecule has 2 N–H and O–H groups in total. The number of aliphatic hydroxyl groups is 1. The first-order valence-corrected chi connectivity index (χ1v) is 1.38. The van der Waals surface area contributed by atoms with E-state index < -0.39 is 0 Å². The Kier molecular flexibility index (Phi) is 3.35. The van der Waals surface area contributed by atoms with Crippen molar-refractivity contribution in [1.29, 1.82) is 0 Å². The normalized spacial score (nSPS) is 11.3. The monoisotopic (exact) mass is 87.0 g/mol. The molecule has 0 atom stereocenters. The summed E-state index contributed by atoms with van der Waals surface area (Å²) in [6.07, 6.45) is 3.03. The molecule has 0 spiro atoms. The van der Waals surface area contributed by atoms with Crippen molar-refractivity contribution in [2.75, 3.05) is 0 Å². The van der Waals surface area contributed by atoms with Crippen LogP contribution < -0.4 is 0 Å². The molecule has 0 saturated carbocycles. The van der Waals surface area contributed by atoms with Crippen molar-refractivity contribution in [3.8, 4) is 0 Å². The molecule has 3 nitrogen and oxygen atoms in total. The van der Waals surface area contributed by atoms with Crippen LogP contribution in [0.3, 0.4) is 0 Å². The fraction of sp³-hybridized carbons (Fsp3) is 0. The maximum Gasteiger partial charge on any atom is 0.0808 e. The quantitative estimate of drug-likeness (QED) is 0.212. The topological polar surface area (TPSA) is 52.8 Å². The standard InChI is InChI=1S/C3H5NO2/c5-3-1-2-4-6/h1-3,5-6H. The molecule has 0 aliphatic carbocycles. The van der Waals surface area contributed by atoms with E-state index in [4.69, 9.17) is 10.3 Å². The highest BCUT2D eigenvalue weighted by Gasteiger charge is 1.52. The Bertz CT molecular complexity index is 57.2. The minimum Gasteiger partial charge on any atom is -0.516 e. The maximum atomic E-state index is 7.81. The van der Waals surface area contributed by atoms with Gasteiger partial charge in [0.05, 0.1) is 12.5 Å². The Labute approximate surface area is 35.2 Å². The molecule has 0 bridgehead atoms. The average Bonchev–Trinajstić information content (AvgIpc) is 1.61. The molecule has 0 unspecified atom stereocenters. The predicted molar refractivity (Wildman–Crippen MR) is 22.0 cm³/mol. The van der Waals surface area contributed by atoms with Gasteiger partial charge in [-0.2, -0.15) is 0 Å². The molecule has 0 fully saturated rings. The first kappa shape index (κ1) is 5.01. The molecule has 0 heterocycles. The summed E-state index contributed by atoms with van der Waals surface area (Å²) in [6.45, 7) is 0. The van der Waals surface area contributed by atoms with Crippen LogP contribution in [0.5, 0.6) is 0 Å². The zero-order valence-corrected chi connectivity index (χ0v) is 3.07. The van der Waals surface area contributed by atoms with Gasteiger partial charge in [0.1, 0.15) is 0 Å². The molecule has 34 valence electrons. The third kappa shape index (κ3) is 3.01. The Hall–Kier alpha value is -0.990. The summed E-state index contributed by atoms with van der Waals surface area (Å²) in [6, 6.07) is 0. The molecular formula is C3H5NO2. The van der Waals surface area contributed by atoms with Gasteiger partial charge in [0, 0.05) is 0 Å². The minimum atomic E-state index is 0.778. The Balaban J connectivity index is 3.07. The molecule has 0 amide bonds. The molecule has 0 rings (SSSR count). The smallest absolute Gasteiger partial charge is 0.0808 e. The van der Waals surface area contributed by atoms with Crippen LogP contribution in [-0.4, -0.2) is 16.5 Å². The Morgan fingerprint density at radius 1 is 1.50 bits per heavy atom. The minimum absolute atomic E-state index is 0.778. The maximum absolute atomic E-state index is 7.81. The molecule has 0 aromatic heterocycles. The van der Waals surface area contributed by atoms with Crippen molar-refractivity contribution in [1.82, 2.24) is 0 Å². The van der Waals surface area contributed by atoms with Crippen LogP contribution >= 0.6 is 0 Å². The van der Waals surface area contributed by atoms with E-state index in [0.717, 1.165) is 12.5 Å². The van der Waals surface area contributed by atoms with Crippen LogP contribution in [0.4, 0.5) is 0 Å². The Morgan fingerprint density at radius 2 is 2.17 bits per heavy atom. The van der Waals surface area contributed by atoms with Crippen LogP contribution in [0.1, 0.15) is 0 Å². The summed E-state index contributed by atoms with van der Waals surface area (Å²) in [4.78, 5) is 0. The van der Waals surface area contributed by atoms with E-state index >= 15 is 0 Å². The summed E-state index contributed by atoms with van der Waals surface area (Å²) in [5.41, 5.74) is 0. The van der Waals surface area contributed by atoms with E-state index in [1.165, 1.54) is 6.08 Å². The van der Waals surface area contributed by atoms with Crippen LogP contribution in [0.25, 0.3) is 0 Å². The molecule has 0 aliphatic rings. The first-order chi connectivity index (χ1) is 2.91. The highest BCUT2D eigenvalue weighted by molar-refractivity contribution is 5.69. The summed E-state index contributed by atoms with van der Waals surface area (Å²) in [5.74, 6) is 0. The van der Waals surface area contributed by atoms with Gasteiger partial charge >= 0.3 is 0 Å². The van der Waals surface area contributed by atoms with Crippen molar-refractivity contribution >= 4 is 6.21 Å².